The van der Waals surface area contributed by atoms with Crippen LogP contribution in [0.3, 0.4) is 0 Å². The number of benzene rings is 1. The fourth-order valence-corrected chi connectivity index (χ4v) is 3.70. The molecular formula is C18H29N2O+. The van der Waals surface area contributed by atoms with Crippen LogP contribution in [0.15, 0.2) is 30.3 Å². The van der Waals surface area contributed by atoms with E-state index in [0.29, 0.717) is 6.04 Å². The van der Waals surface area contributed by atoms with Crippen molar-refractivity contribution in [1.82, 2.24) is 4.90 Å². The molecule has 0 unspecified atom stereocenters. The van der Waals surface area contributed by atoms with Crippen molar-refractivity contribution in [3.63, 3.8) is 0 Å². The summed E-state index contributed by atoms with van der Waals surface area (Å²) in [5.74, 6) is 0.131. The summed E-state index contributed by atoms with van der Waals surface area (Å²) in [5, 5.41) is 0. The number of nitrogens with one attached hydrogen (secondary N) is 1. The van der Waals surface area contributed by atoms with E-state index >= 15 is 0 Å². The van der Waals surface area contributed by atoms with Crippen molar-refractivity contribution in [3.05, 3.63) is 35.9 Å². The number of amides is 1. The number of likely N-dealkylation sites (tertiary alicyclic amines) is 1. The second-order valence-electron chi connectivity index (χ2n) is 7.74. The largest absolute Gasteiger partial charge is 0.338 e. The molecule has 0 bridgehead atoms. The summed E-state index contributed by atoms with van der Waals surface area (Å²) in [6.45, 7) is 9.21. The SMILES string of the molecule is CN(C(=O)c1ccccc1)C1CC(C)(C)[NH+](C)C(C)(C)C1. The van der Waals surface area contributed by atoms with Crippen molar-refractivity contribution < 1.29 is 9.69 Å². The van der Waals surface area contributed by atoms with Crippen LogP contribution in [0.4, 0.5) is 0 Å². The van der Waals surface area contributed by atoms with Gasteiger partial charge in [0.15, 0.2) is 0 Å². The number of hydrogen-bond acceptors (Lipinski definition) is 1. The first-order valence-corrected chi connectivity index (χ1v) is 7.82. The van der Waals surface area contributed by atoms with Gasteiger partial charge in [0.1, 0.15) is 0 Å². The zero-order chi connectivity index (χ0) is 15.8. The van der Waals surface area contributed by atoms with E-state index in [1.165, 1.54) is 0 Å². The zero-order valence-corrected chi connectivity index (χ0v) is 14.2. The van der Waals surface area contributed by atoms with E-state index in [1.54, 1.807) is 4.90 Å². The van der Waals surface area contributed by atoms with Gasteiger partial charge in [-0.3, -0.25) is 4.79 Å². The van der Waals surface area contributed by atoms with Gasteiger partial charge in [-0.05, 0) is 39.8 Å². The number of hydrogen-bond donors (Lipinski definition) is 1. The van der Waals surface area contributed by atoms with Gasteiger partial charge in [0.25, 0.3) is 5.91 Å². The molecule has 1 amide bonds. The van der Waals surface area contributed by atoms with E-state index in [1.807, 2.05) is 42.3 Å². The van der Waals surface area contributed by atoms with Crippen LogP contribution in [-0.2, 0) is 0 Å². The van der Waals surface area contributed by atoms with Gasteiger partial charge in [0, 0.05) is 31.5 Å². The molecule has 0 spiro atoms. The van der Waals surface area contributed by atoms with E-state index < -0.39 is 0 Å². The lowest BCUT2D eigenvalue weighted by atomic mass is 9.77. The minimum atomic E-state index is 0.131. The molecule has 116 valence electrons. The average molecular weight is 289 g/mol. The third-order valence-electron chi connectivity index (χ3n) is 5.41. The Morgan fingerprint density at radius 1 is 1.10 bits per heavy atom. The monoisotopic (exact) mass is 289 g/mol. The van der Waals surface area contributed by atoms with Gasteiger partial charge < -0.3 is 9.80 Å². The van der Waals surface area contributed by atoms with Crippen LogP contribution in [0.1, 0.15) is 50.9 Å². The van der Waals surface area contributed by atoms with Gasteiger partial charge in [-0.2, -0.15) is 0 Å². The van der Waals surface area contributed by atoms with Crippen molar-refractivity contribution in [2.75, 3.05) is 14.1 Å². The number of rotatable bonds is 2. The minimum Gasteiger partial charge on any atom is -0.338 e. The van der Waals surface area contributed by atoms with Gasteiger partial charge in [-0.1, -0.05) is 18.2 Å². The van der Waals surface area contributed by atoms with Crippen molar-refractivity contribution in [2.24, 2.45) is 0 Å². The fraction of sp³-hybridized carbons (Fsp3) is 0.611. The lowest BCUT2D eigenvalue weighted by Gasteiger charge is -2.52. The second kappa shape index (κ2) is 5.45. The Balaban J connectivity index is 2.20. The van der Waals surface area contributed by atoms with E-state index in [9.17, 15) is 4.79 Å². The Hall–Kier alpha value is -1.35. The fourth-order valence-electron chi connectivity index (χ4n) is 3.70. The minimum absolute atomic E-state index is 0.131. The zero-order valence-electron chi connectivity index (χ0n) is 14.2. The van der Waals surface area contributed by atoms with Gasteiger partial charge in [0.2, 0.25) is 0 Å². The molecule has 21 heavy (non-hydrogen) atoms. The molecule has 0 atom stereocenters. The van der Waals surface area contributed by atoms with Crippen LogP contribution in [0.2, 0.25) is 0 Å². The maximum atomic E-state index is 12.7. The highest BCUT2D eigenvalue weighted by Gasteiger charge is 2.48. The highest BCUT2D eigenvalue weighted by atomic mass is 16.2. The summed E-state index contributed by atoms with van der Waals surface area (Å²) in [4.78, 5) is 16.2. The Kier molecular flexibility index (Phi) is 4.16. The van der Waals surface area contributed by atoms with E-state index in [2.05, 4.69) is 34.7 Å². The second-order valence-corrected chi connectivity index (χ2v) is 7.74. The summed E-state index contributed by atoms with van der Waals surface area (Å²) in [6, 6.07) is 9.89. The molecule has 1 aliphatic rings. The van der Waals surface area contributed by atoms with Crippen LogP contribution in [0, 0.1) is 0 Å². The van der Waals surface area contributed by atoms with Crippen LogP contribution in [0.5, 0.6) is 0 Å². The summed E-state index contributed by atoms with van der Waals surface area (Å²) >= 11 is 0. The predicted molar refractivity (Wildman–Crippen MR) is 86.6 cm³/mol. The Morgan fingerprint density at radius 3 is 2.05 bits per heavy atom. The van der Waals surface area contributed by atoms with Gasteiger partial charge in [0.05, 0.1) is 18.1 Å². The molecule has 3 heteroatoms. The van der Waals surface area contributed by atoms with Gasteiger partial charge in [-0.15, -0.1) is 0 Å². The smallest absolute Gasteiger partial charge is 0.253 e. The van der Waals surface area contributed by atoms with E-state index in [-0.39, 0.29) is 17.0 Å². The summed E-state index contributed by atoms with van der Waals surface area (Å²) in [5.41, 5.74) is 1.14. The van der Waals surface area contributed by atoms with Crippen molar-refractivity contribution >= 4 is 5.91 Å². The van der Waals surface area contributed by atoms with E-state index in [4.69, 9.17) is 0 Å². The van der Waals surface area contributed by atoms with Crippen molar-refractivity contribution in [3.8, 4) is 0 Å². The first-order chi connectivity index (χ1) is 9.65. The van der Waals surface area contributed by atoms with Crippen LogP contribution >= 0.6 is 0 Å². The van der Waals surface area contributed by atoms with Crippen molar-refractivity contribution in [1.29, 1.82) is 0 Å². The number of nitrogens with zero attached hydrogens (tertiary/aromatic N) is 1. The quantitative estimate of drug-likeness (QED) is 0.885. The molecule has 3 nitrogen and oxygen atoms in total. The highest BCUT2D eigenvalue weighted by Crippen LogP contribution is 2.27. The molecule has 1 heterocycles. The molecule has 2 rings (SSSR count). The van der Waals surface area contributed by atoms with E-state index in [0.717, 1.165) is 18.4 Å². The van der Waals surface area contributed by atoms with Crippen molar-refractivity contribution in [2.45, 2.75) is 57.7 Å². The summed E-state index contributed by atoms with van der Waals surface area (Å²) in [6.07, 6.45) is 2.08. The summed E-state index contributed by atoms with van der Waals surface area (Å²) in [7, 11) is 4.22. The third kappa shape index (κ3) is 3.13. The molecular weight excluding hydrogens is 260 g/mol. The van der Waals surface area contributed by atoms with Gasteiger partial charge in [-0.25, -0.2) is 0 Å². The summed E-state index contributed by atoms with van der Waals surface area (Å²) < 4.78 is 0. The molecule has 1 aromatic carbocycles. The maximum Gasteiger partial charge on any atom is 0.253 e. The molecule has 0 aromatic heterocycles. The normalized spacial score (nSPS) is 27.1. The molecule has 1 N–H and O–H groups in total. The number of quaternary nitrogens is 1. The first-order valence-electron chi connectivity index (χ1n) is 7.82. The first kappa shape index (κ1) is 16.0. The Morgan fingerprint density at radius 2 is 1.57 bits per heavy atom. The predicted octanol–water partition coefficient (Wildman–Crippen LogP) is 1.99. The molecule has 0 radical (unpaired) electrons. The van der Waals surface area contributed by atoms with Crippen LogP contribution in [-0.4, -0.2) is 42.0 Å². The van der Waals surface area contributed by atoms with Crippen LogP contribution < -0.4 is 4.90 Å². The lowest BCUT2D eigenvalue weighted by molar-refractivity contribution is -0.983. The topological polar surface area (TPSA) is 24.8 Å². The number of carbonyl (C=O) groups is 1. The molecule has 1 aromatic rings. The highest BCUT2D eigenvalue weighted by molar-refractivity contribution is 5.94. The maximum absolute atomic E-state index is 12.7. The van der Waals surface area contributed by atoms with Gasteiger partial charge >= 0.3 is 0 Å². The lowest BCUT2D eigenvalue weighted by Crippen LogP contribution is -3.24. The molecule has 0 aliphatic carbocycles. The Bertz CT molecular complexity index is 489. The molecule has 0 saturated carbocycles. The Labute approximate surface area is 128 Å². The molecule has 1 fully saturated rings. The van der Waals surface area contributed by atoms with Crippen LogP contribution in [0.25, 0.3) is 0 Å². The average Bonchev–Trinajstić information content (AvgIpc) is 2.43. The third-order valence-corrected chi connectivity index (χ3v) is 5.41. The standard InChI is InChI=1S/C18H28N2O/c1-17(2)12-15(13-18(3,4)20(17)6)19(5)16(21)14-10-8-7-9-11-14/h7-11,15H,12-13H2,1-6H3/p+1. The number of piperidine rings is 1. The molecule has 1 saturated heterocycles. The number of carbonyl (C=O) groups excluding carboxylic acids is 1. The molecule has 1 aliphatic heterocycles.